The van der Waals surface area contributed by atoms with Crippen LogP contribution in [0.4, 0.5) is 0 Å². The first-order valence-corrected chi connectivity index (χ1v) is 15.1. The number of hydrogen-bond acceptors (Lipinski definition) is 2. The van der Waals surface area contributed by atoms with Crippen LogP contribution in [0.15, 0.2) is 72.8 Å². The number of ether oxygens (including phenoxy) is 2. The first-order valence-electron chi connectivity index (χ1n) is 13.1. The van der Waals surface area contributed by atoms with Gasteiger partial charge in [0.2, 0.25) is 0 Å². The maximum absolute atomic E-state index is 5.31. The van der Waals surface area contributed by atoms with Crippen molar-refractivity contribution in [2.75, 3.05) is 20.4 Å². The molecule has 0 fully saturated rings. The summed E-state index contributed by atoms with van der Waals surface area (Å²) in [5.41, 5.74) is 3.97. The molecule has 3 rings (SSSR count). The van der Waals surface area contributed by atoms with Gasteiger partial charge in [0.15, 0.2) is 6.29 Å². The average Bonchev–Trinajstić information content (AvgIpc) is 2.87. The Balaban J connectivity index is 1.79. The first-order chi connectivity index (χ1) is 17.0. The van der Waals surface area contributed by atoms with E-state index in [1.165, 1.54) is 77.3 Å². The topological polar surface area (TPSA) is 18.5 Å². The Kier molecular flexibility index (Phi) is 11.0. The Bertz CT molecular complexity index is 878. The van der Waals surface area contributed by atoms with E-state index >= 15 is 0 Å². The molecule has 0 aliphatic rings. The molecule has 3 aromatic rings. The second-order valence-corrected chi connectivity index (χ2v) is 13.5. The smallest absolute Gasteiger partial charge is 0.156 e. The largest absolute Gasteiger partial charge is 0.356 e. The van der Waals surface area contributed by atoms with Crippen molar-refractivity contribution in [3.8, 4) is 0 Å². The molecule has 0 amide bonds. The summed E-state index contributed by atoms with van der Waals surface area (Å²) in [6.07, 6.45) is 9.67. The van der Waals surface area contributed by atoms with Crippen molar-refractivity contribution in [3.63, 3.8) is 0 Å². The van der Waals surface area contributed by atoms with Crippen LogP contribution in [0, 0.1) is 20.8 Å². The molecule has 188 valence electrons. The normalized spacial score (nSPS) is 11.8. The second-order valence-electron chi connectivity index (χ2n) is 9.85. The van der Waals surface area contributed by atoms with E-state index in [4.69, 9.17) is 9.47 Å². The van der Waals surface area contributed by atoms with Crippen molar-refractivity contribution in [1.82, 2.24) is 0 Å². The monoisotopic (exact) mass is 491 g/mol. The Labute approximate surface area is 214 Å². The molecule has 0 saturated heterocycles. The fourth-order valence-corrected chi connectivity index (χ4v) is 9.27. The summed E-state index contributed by atoms with van der Waals surface area (Å²) in [5.74, 6) is 0. The van der Waals surface area contributed by atoms with Crippen LogP contribution in [0.3, 0.4) is 0 Å². The molecule has 0 radical (unpaired) electrons. The van der Waals surface area contributed by atoms with Crippen molar-refractivity contribution < 1.29 is 9.47 Å². The SMILES string of the molecule is COC(CCCCCCCC[P+](c1ccc(C)cc1)(c1ccc(C)cc1)c1ccc(C)cc1)OC. The molecule has 0 bridgehead atoms. The van der Waals surface area contributed by atoms with Gasteiger partial charge in [0.1, 0.15) is 23.2 Å². The van der Waals surface area contributed by atoms with Crippen LogP contribution in [0.2, 0.25) is 0 Å². The third-order valence-electron chi connectivity index (χ3n) is 7.13. The summed E-state index contributed by atoms with van der Waals surface area (Å²) >= 11 is 0. The van der Waals surface area contributed by atoms with Gasteiger partial charge in [0.05, 0.1) is 6.16 Å². The number of aryl methyl sites for hydroxylation is 3. The number of rotatable bonds is 14. The molecule has 0 aliphatic heterocycles. The zero-order chi connectivity index (χ0) is 25.1. The van der Waals surface area contributed by atoms with Gasteiger partial charge in [0, 0.05) is 14.2 Å². The van der Waals surface area contributed by atoms with Crippen LogP contribution in [-0.4, -0.2) is 26.7 Å². The van der Waals surface area contributed by atoms with Crippen LogP contribution in [0.1, 0.15) is 61.6 Å². The molecule has 0 saturated carbocycles. The fraction of sp³-hybridized carbons (Fsp3) is 0.438. The Morgan fingerprint density at radius 2 is 0.857 bits per heavy atom. The van der Waals surface area contributed by atoms with E-state index in [1.807, 2.05) is 0 Å². The highest BCUT2D eigenvalue weighted by atomic mass is 31.2. The number of benzene rings is 3. The van der Waals surface area contributed by atoms with E-state index in [-0.39, 0.29) is 6.29 Å². The second kappa shape index (κ2) is 13.9. The minimum atomic E-state index is -1.73. The van der Waals surface area contributed by atoms with E-state index in [0.717, 1.165) is 6.42 Å². The molecule has 0 atom stereocenters. The van der Waals surface area contributed by atoms with E-state index in [1.54, 1.807) is 14.2 Å². The maximum Gasteiger partial charge on any atom is 0.156 e. The summed E-state index contributed by atoms with van der Waals surface area (Å²) < 4.78 is 10.6. The van der Waals surface area contributed by atoms with Gasteiger partial charge >= 0.3 is 0 Å². The minimum Gasteiger partial charge on any atom is -0.356 e. The molecule has 35 heavy (non-hydrogen) atoms. The molecule has 0 N–H and O–H groups in total. The molecular weight excluding hydrogens is 447 g/mol. The van der Waals surface area contributed by atoms with Crippen LogP contribution in [-0.2, 0) is 9.47 Å². The van der Waals surface area contributed by atoms with Crippen LogP contribution in [0.25, 0.3) is 0 Å². The molecular formula is C32H44O2P+. The highest BCUT2D eigenvalue weighted by Crippen LogP contribution is 2.56. The minimum absolute atomic E-state index is 0.0565. The zero-order valence-corrected chi connectivity index (χ0v) is 23.3. The lowest BCUT2D eigenvalue weighted by Gasteiger charge is -2.28. The highest BCUT2D eigenvalue weighted by Gasteiger charge is 2.44. The lowest BCUT2D eigenvalue weighted by atomic mass is 10.1. The van der Waals surface area contributed by atoms with Crippen molar-refractivity contribution in [1.29, 1.82) is 0 Å². The standard InChI is InChI=1S/C32H44O2P/c1-26-13-19-29(20-14-26)35(30-21-15-27(2)16-22-30,31-23-17-28(3)18-24-31)25-11-9-7-6-8-10-12-32(33-4)34-5/h13-24,32H,6-12,25H2,1-5H3/q+1. The fourth-order valence-electron chi connectivity index (χ4n) is 4.93. The summed E-state index contributed by atoms with van der Waals surface area (Å²) in [6, 6.07) is 28.1. The van der Waals surface area contributed by atoms with E-state index in [9.17, 15) is 0 Å². The van der Waals surface area contributed by atoms with Crippen molar-refractivity contribution in [3.05, 3.63) is 89.5 Å². The number of methoxy groups -OCH3 is 2. The van der Waals surface area contributed by atoms with Gasteiger partial charge in [-0.25, -0.2) is 0 Å². The average molecular weight is 492 g/mol. The van der Waals surface area contributed by atoms with Gasteiger partial charge in [-0.1, -0.05) is 72.4 Å². The Morgan fingerprint density at radius 1 is 0.514 bits per heavy atom. The highest BCUT2D eigenvalue weighted by molar-refractivity contribution is 7.95. The summed E-state index contributed by atoms with van der Waals surface area (Å²) in [6.45, 7) is 6.55. The lowest BCUT2D eigenvalue weighted by molar-refractivity contribution is -0.107. The predicted molar refractivity (Wildman–Crippen MR) is 154 cm³/mol. The molecule has 0 spiro atoms. The molecule has 3 aromatic carbocycles. The van der Waals surface area contributed by atoms with E-state index in [2.05, 4.69) is 93.6 Å². The lowest BCUT2D eigenvalue weighted by Crippen LogP contribution is -2.33. The van der Waals surface area contributed by atoms with Crippen molar-refractivity contribution in [2.24, 2.45) is 0 Å². The van der Waals surface area contributed by atoms with Crippen LogP contribution in [0.5, 0.6) is 0 Å². The van der Waals surface area contributed by atoms with Gasteiger partial charge in [-0.3, -0.25) is 0 Å². The number of hydrogen-bond donors (Lipinski definition) is 0. The van der Waals surface area contributed by atoms with Gasteiger partial charge in [-0.15, -0.1) is 0 Å². The molecule has 3 heteroatoms. The summed E-state index contributed by atoms with van der Waals surface area (Å²) in [7, 11) is 1.72. The van der Waals surface area contributed by atoms with Gasteiger partial charge in [-0.05, 0) is 82.9 Å². The number of unbranched alkanes of at least 4 members (excludes halogenated alkanes) is 5. The predicted octanol–water partition coefficient (Wildman–Crippen LogP) is 7.26. The molecule has 0 aromatic heterocycles. The van der Waals surface area contributed by atoms with Crippen molar-refractivity contribution >= 4 is 23.2 Å². The van der Waals surface area contributed by atoms with Gasteiger partial charge in [-0.2, -0.15) is 0 Å². The van der Waals surface area contributed by atoms with Crippen LogP contribution < -0.4 is 15.9 Å². The van der Waals surface area contributed by atoms with Crippen LogP contribution >= 0.6 is 7.26 Å². The van der Waals surface area contributed by atoms with Gasteiger partial charge in [0.25, 0.3) is 0 Å². The van der Waals surface area contributed by atoms with Gasteiger partial charge < -0.3 is 9.47 Å². The quantitative estimate of drug-likeness (QED) is 0.134. The van der Waals surface area contributed by atoms with E-state index in [0.29, 0.717) is 0 Å². The maximum atomic E-state index is 5.31. The third-order valence-corrected chi connectivity index (χ3v) is 11.7. The molecule has 0 unspecified atom stereocenters. The van der Waals surface area contributed by atoms with E-state index < -0.39 is 7.26 Å². The van der Waals surface area contributed by atoms with Crippen molar-refractivity contribution in [2.45, 2.75) is 72.0 Å². The summed E-state index contributed by atoms with van der Waals surface area (Å²) in [4.78, 5) is 0. The first kappa shape index (κ1) is 27.6. The Hall–Kier alpha value is -1.99. The Morgan fingerprint density at radius 3 is 1.23 bits per heavy atom. The molecule has 0 heterocycles. The molecule has 2 nitrogen and oxygen atoms in total. The molecule has 0 aliphatic carbocycles. The zero-order valence-electron chi connectivity index (χ0n) is 22.4. The summed E-state index contributed by atoms with van der Waals surface area (Å²) in [5, 5.41) is 4.50. The third kappa shape index (κ3) is 7.50.